The Morgan fingerprint density at radius 3 is 2.55 bits per heavy atom. The highest BCUT2D eigenvalue weighted by molar-refractivity contribution is 5.49. The number of hydrogen-bond donors (Lipinski definition) is 0. The van der Waals surface area contributed by atoms with Crippen LogP contribution in [-0.4, -0.2) is 14.2 Å². The highest BCUT2D eigenvalue weighted by Gasteiger charge is 2.11. The van der Waals surface area contributed by atoms with Crippen LogP contribution in [0.1, 0.15) is 49.7 Å². The smallest absolute Gasteiger partial charge is 0.128 e. The van der Waals surface area contributed by atoms with E-state index in [-0.39, 0.29) is 0 Å². The van der Waals surface area contributed by atoms with Crippen molar-refractivity contribution < 1.29 is 9.47 Å². The largest absolute Gasteiger partial charge is 0.496 e. The van der Waals surface area contributed by atoms with Crippen LogP contribution in [0.3, 0.4) is 0 Å². The van der Waals surface area contributed by atoms with Gasteiger partial charge in [-0.1, -0.05) is 17.7 Å². The molecule has 0 atom stereocenters. The van der Waals surface area contributed by atoms with Crippen LogP contribution in [0.15, 0.2) is 23.8 Å². The van der Waals surface area contributed by atoms with E-state index in [1.54, 1.807) is 19.8 Å². The highest BCUT2D eigenvalue weighted by atomic mass is 16.5. The van der Waals surface area contributed by atoms with Gasteiger partial charge in [0, 0.05) is 5.56 Å². The van der Waals surface area contributed by atoms with Crippen LogP contribution in [0.25, 0.3) is 0 Å². The minimum absolute atomic E-state index is 0.903. The van der Waals surface area contributed by atoms with Crippen LogP contribution in [-0.2, 0) is 6.42 Å². The summed E-state index contributed by atoms with van der Waals surface area (Å²) in [6.45, 7) is 2.06. The second kappa shape index (κ2) is 7.37. The molecule has 0 radical (unpaired) electrons. The lowest BCUT2D eigenvalue weighted by molar-refractivity contribution is 0.385. The van der Waals surface area contributed by atoms with Gasteiger partial charge >= 0.3 is 0 Å². The molecule has 0 heterocycles. The van der Waals surface area contributed by atoms with E-state index >= 15 is 0 Å². The minimum Gasteiger partial charge on any atom is -0.496 e. The van der Waals surface area contributed by atoms with E-state index in [4.69, 9.17) is 9.47 Å². The van der Waals surface area contributed by atoms with Gasteiger partial charge in [-0.2, -0.15) is 0 Å². The summed E-state index contributed by atoms with van der Waals surface area (Å²) in [5, 5.41) is 0. The number of hydrogen-bond acceptors (Lipinski definition) is 2. The standard InChI is InChI=1S/C18H26O2/c1-14-17(19-2)13-12-16(18(14)20-3)11-7-10-15-8-5-4-6-9-15/h8,12-13H,4-7,9-11H2,1-3H3. The van der Waals surface area contributed by atoms with Crippen molar-refractivity contribution in [1.29, 1.82) is 0 Å². The number of allylic oxidation sites excluding steroid dienone is 2. The van der Waals surface area contributed by atoms with Crippen LogP contribution >= 0.6 is 0 Å². The zero-order chi connectivity index (χ0) is 14.4. The lowest BCUT2D eigenvalue weighted by Crippen LogP contribution is -1.99. The summed E-state index contributed by atoms with van der Waals surface area (Å²) in [5.74, 6) is 1.89. The van der Waals surface area contributed by atoms with Crippen molar-refractivity contribution in [2.75, 3.05) is 14.2 Å². The zero-order valence-electron chi connectivity index (χ0n) is 13.0. The maximum Gasteiger partial charge on any atom is 0.128 e. The molecule has 0 spiro atoms. The molecule has 110 valence electrons. The average Bonchev–Trinajstić information content (AvgIpc) is 2.49. The summed E-state index contributed by atoms with van der Waals surface area (Å²) in [6.07, 6.45) is 11.3. The first kappa shape index (κ1) is 15.0. The van der Waals surface area contributed by atoms with E-state index < -0.39 is 0 Å². The van der Waals surface area contributed by atoms with Crippen LogP contribution in [0.2, 0.25) is 0 Å². The Morgan fingerprint density at radius 1 is 1.05 bits per heavy atom. The molecular weight excluding hydrogens is 248 g/mol. The summed E-state index contributed by atoms with van der Waals surface area (Å²) in [5.41, 5.74) is 4.05. The summed E-state index contributed by atoms with van der Waals surface area (Å²) in [4.78, 5) is 0. The first-order chi connectivity index (χ1) is 9.76. The van der Waals surface area contributed by atoms with Gasteiger partial charge in [-0.05, 0) is 63.5 Å². The lowest BCUT2D eigenvalue weighted by Gasteiger charge is -2.15. The highest BCUT2D eigenvalue weighted by Crippen LogP contribution is 2.32. The molecule has 2 nitrogen and oxygen atoms in total. The maximum absolute atomic E-state index is 5.57. The molecule has 0 amide bonds. The van der Waals surface area contributed by atoms with Crippen LogP contribution < -0.4 is 9.47 Å². The van der Waals surface area contributed by atoms with Crippen molar-refractivity contribution in [2.45, 2.75) is 51.9 Å². The molecule has 2 rings (SSSR count). The van der Waals surface area contributed by atoms with Crippen LogP contribution in [0.4, 0.5) is 0 Å². The second-order valence-corrected chi connectivity index (χ2v) is 5.55. The molecule has 0 saturated carbocycles. The van der Waals surface area contributed by atoms with Gasteiger partial charge in [0.2, 0.25) is 0 Å². The molecule has 0 N–H and O–H groups in total. The van der Waals surface area contributed by atoms with Crippen LogP contribution in [0, 0.1) is 6.92 Å². The molecule has 1 aliphatic carbocycles. The van der Waals surface area contributed by atoms with Gasteiger partial charge in [0.1, 0.15) is 11.5 Å². The molecule has 20 heavy (non-hydrogen) atoms. The predicted molar refractivity (Wildman–Crippen MR) is 83.8 cm³/mol. The average molecular weight is 274 g/mol. The fourth-order valence-corrected chi connectivity index (χ4v) is 3.07. The van der Waals surface area contributed by atoms with Crippen molar-refractivity contribution in [3.63, 3.8) is 0 Å². The van der Waals surface area contributed by atoms with E-state index in [9.17, 15) is 0 Å². The molecule has 0 aliphatic heterocycles. The molecule has 1 aliphatic rings. The van der Waals surface area contributed by atoms with Crippen molar-refractivity contribution in [2.24, 2.45) is 0 Å². The van der Waals surface area contributed by atoms with E-state index in [0.29, 0.717) is 0 Å². The van der Waals surface area contributed by atoms with Crippen molar-refractivity contribution in [1.82, 2.24) is 0 Å². The van der Waals surface area contributed by atoms with Gasteiger partial charge in [0.05, 0.1) is 14.2 Å². The number of ether oxygens (including phenoxy) is 2. The number of methoxy groups -OCH3 is 2. The molecule has 1 aromatic rings. The molecule has 0 fully saturated rings. The monoisotopic (exact) mass is 274 g/mol. The summed E-state index contributed by atoms with van der Waals surface area (Å²) >= 11 is 0. The third-order valence-electron chi connectivity index (χ3n) is 4.19. The first-order valence-electron chi connectivity index (χ1n) is 7.64. The third kappa shape index (κ3) is 3.56. The fourth-order valence-electron chi connectivity index (χ4n) is 3.07. The van der Waals surface area contributed by atoms with Crippen LogP contribution in [0.5, 0.6) is 11.5 Å². The molecular formula is C18H26O2. The van der Waals surface area contributed by atoms with Crippen molar-refractivity contribution in [3.05, 3.63) is 34.9 Å². The van der Waals surface area contributed by atoms with Gasteiger partial charge in [0.25, 0.3) is 0 Å². The van der Waals surface area contributed by atoms with E-state index in [1.165, 1.54) is 44.1 Å². The van der Waals surface area contributed by atoms with Gasteiger partial charge in [-0.25, -0.2) is 0 Å². The SMILES string of the molecule is COc1ccc(CCCC2=CCCCC2)c(OC)c1C. The molecule has 0 saturated heterocycles. The Kier molecular flexibility index (Phi) is 5.51. The quantitative estimate of drug-likeness (QED) is 0.691. The lowest BCUT2D eigenvalue weighted by atomic mass is 9.94. The minimum atomic E-state index is 0.903. The normalized spacial score (nSPS) is 14.8. The number of aryl methyl sites for hydroxylation is 1. The third-order valence-corrected chi connectivity index (χ3v) is 4.19. The molecule has 2 heteroatoms. The fraction of sp³-hybridized carbons (Fsp3) is 0.556. The Hall–Kier alpha value is -1.44. The van der Waals surface area contributed by atoms with E-state index in [2.05, 4.69) is 19.1 Å². The van der Waals surface area contributed by atoms with Crippen molar-refractivity contribution >= 4 is 0 Å². The molecule has 0 aromatic heterocycles. The van der Waals surface area contributed by atoms with Gasteiger partial charge < -0.3 is 9.47 Å². The van der Waals surface area contributed by atoms with Gasteiger partial charge in [-0.3, -0.25) is 0 Å². The van der Waals surface area contributed by atoms with Gasteiger partial charge in [0.15, 0.2) is 0 Å². The van der Waals surface area contributed by atoms with E-state index in [1.807, 2.05) is 6.07 Å². The summed E-state index contributed by atoms with van der Waals surface area (Å²) in [6, 6.07) is 4.19. The Morgan fingerprint density at radius 2 is 1.90 bits per heavy atom. The maximum atomic E-state index is 5.57. The van der Waals surface area contributed by atoms with Crippen molar-refractivity contribution in [3.8, 4) is 11.5 Å². The number of benzene rings is 1. The predicted octanol–water partition coefficient (Wildman–Crippen LogP) is 4.84. The molecule has 1 aromatic carbocycles. The molecule has 0 bridgehead atoms. The first-order valence-corrected chi connectivity index (χ1v) is 7.64. The second-order valence-electron chi connectivity index (χ2n) is 5.55. The van der Waals surface area contributed by atoms with E-state index in [0.717, 1.165) is 23.5 Å². The summed E-state index contributed by atoms with van der Waals surface area (Å²) < 4.78 is 10.9. The Bertz CT molecular complexity index is 475. The Balaban J connectivity index is 1.98. The zero-order valence-corrected chi connectivity index (χ0v) is 13.0. The number of rotatable bonds is 6. The molecule has 0 unspecified atom stereocenters. The van der Waals surface area contributed by atoms with Gasteiger partial charge in [-0.15, -0.1) is 0 Å². The summed E-state index contributed by atoms with van der Waals surface area (Å²) in [7, 11) is 3.45. The Labute approximate surface area is 122 Å². The topological polar surface area (TPSA) is 18.5 Å².